The summed E-state index contributed by atoms with van der Waals surface area (Å²) in [6, 6.07) is 8.99. The zero-order valence-corrected chi connectivity index (χ0v) is 13.7. The smallest absolute Gasteiger partial charge is 0.318 e. The predicted octanol–water partition coefficient (Wildman–Crippen LogP) is 4.35. The number of alkyl halides is 3. The lowest BCUT2D eigenvalue weighted by molar-refractivity contribution is -0.167. The van der Waals surface area contributed by atoms with Gasteiger partial charge in [0.1, 0.15) is 11.6 Å². The number of amides is 1. The van der Waals surface area contributed by atoms with Crippen LogP contribution in [0, 0.1) is 18.3 Å². The zero-order chi connectivity index (χ0) is 18.6. The third-order valence-corrected chi connectivity index (χ3v) is 4.16. The molecule has 25 heavy (non-hydrogen) atoms. The molecule has 2 aromatic rings. The molecule has 0 saturated carbocycles. The fraction of sp³-hybridized carbons (Fsp3) is 0.118. The first-order valence-corrected chi connectivity index (χ1v) is 7.79. The van der Waals surface area contributed by atoms with Gasteiger partial charge in [-0.15, -0.1) is 11.3 Å². The number of carbonyl (C=O) groups excluding carboxylic acids is 2. The predicted molar refractivity (Wildman–Crippen MR) is 88.1 cm³/mol. The first-order chi connectivity index (χ1) is 11.7. The van der Waals surface area contributed by atoms with Gasteiger partial charge in [0.25, 0.3) is 0 Å². The van der Waals surface area contributed by atoms with Crippen molar-refractivity contribution in [2.75, 3.05) is 5.32 Å². The number of nitrogens with zero attached hydrogens (tertiary/aromatic N) is 1. The standard InChI is InChI=1S/C17H11F3N2O2S/c1-10-5-6-25-15(10)14(23)12(9-21)7-11-3-2-4-13(8-11)22-16(24)17(18,19)20/h2-8H,1H3,(H,22,24)/b12-7+. The summed E-state index contributed by atoms with van der Waals surface area (Å²) in [6.45, 7) is 1.74. The quantitative estimate of drug-likeness (QED) is 0.498. The Hall–Kier alpha value is -2.92. The Balaban J connectivity index is 2.29. The molecular weight excluding hydrogens is 353 g/mol. The molecule has 0 radical (unpaired) electrons. The number of allylic oxidation sites excluding steroid dienone is 1. The Morgan fingerprint density at radius 3 is 2.56 bits per heavy atom. The van der Waals surface area contributed by atoms with Gasteiger partial charge in [-0.1, -0.05) is 12.1 Å². The third-order valence-electron chi connectivity index (χ3n) is 3.15. The van der Waals surface area contributed by atoms with Gasteiger partial charge in [0.2, 0.25) is 5.78 Å². The van der Waals surface area contributed by atoms with E-state index in [1.165, 1.54) is 41.7 Å². The largest absolute Gasteiger partial charge is 0.471 e. The van der Waals surface area contributed by atoms with Gasteiger partial charge in [-0.3, -0.25) is 9.59 Å². The maximum absolute atomic E-state index is 12.4. The highest BCUT2D eigenvalue weighted by Gasteiger charge is 2.38. The van der Waals surface area contributed by atoms with Gasteiger partial charge >= 0.3 is 12.1 Å². The molecule has 2 rings (SSSR count). The summed E-state index contributed by atoms with van der Waals surface area (Å²) in [5, 5.41) is 12.7. The van der Waals surface area contributed by atoms with Gasteiger partial charge in [-0.25, -0.2) is 0 Å². The first-order valence-electron chi connectivity index (χ1n) is 6.91. The van der Waals surface area contributed by atoms with Crippen LogP contribution >= 0.6 is 11.3 Å². The lowest BCUT2D eigenvalue weighted by Gasteiger charge is -2.08. The monoisotopic (exact) mass is 364 g/mol. The Labute approximate surface area is 145 Å². The maximum Gasteiger partial charge on any atom is 0.471 e. The highest BCUT2D eigenvalue weighted by atomic mass is 32.1. The Kier molecular flexibility index (Phi) is 5.39. The summed E-state index contributed by atoms with van der Waals surface area (Å²) in [6.07, 6.45) is -3.74. The van der Waals surface area contributed by atoms with Crippen LogP contribution in [0.3, 0.4) is 0 Å². The molecule has 0 unspecified atom stereocenters. The van der Waals surface area contributed by atoms with E-state index >= 15 is 0 Å². The number of benzene rings is 1. The highest BCUT2D eigenvalue weighted by Crippen LogP contribution is 2.23. The lowest BCUT2D eigenvalue weighted by atomic mass is 10.0. The average molecular weight is 364 g/mol. The Morgan fingerprint density at radius 2 is 2.00 bits per heavy atom. The van der Waals surface area contributed by atoms with Crippen LogP contribution in [0.4, 0.5) is 18.9 Å². The summed E-state index contributed by atoms with van der Waals surface area (Å²) in [4.78, 5) is 23.8. The van der Waals surface area contributed by atoms with Crippen molar-refractivity contribution in [2.24, 2.45) is 0 Å². The second kappa shape index (κ2) is 7.32. The molecule has 0 aliphatic heterocycles. The van der Waals surface area contributed by atoms with Crippen molar-refractivity contribution in [3.05, 3.63) is 57.3 Å². The molecule has 0 bridgehead atoms. The SMILES string of the molecule is Cc1ccsc1C(=O)/C(C#N)=C/c1cccc(NC(=O)C(F)(F)F)c1. The van der Waals surface area contributed by atoms with Crippen LogP contribution in [-0.4, -0.2) is 17.9 Å². The van der Waals surface area contributed by atoms with E-state index in [1.807, 2.05) is 0 Å². The summed E-state index contributed by atoms with van der Waals surface area (Å²) < 4.78 is 36.9. The molecule has 1 amide bonds. The van der Waals surface area contributed by atoms with E-state index in [0.717, 1.165) is 5.56 Å². The number of nitriles is 1. The fourth-order valence-corrected chi connectivity index (χ4v) is 2.83. The lowest BCUT2D eigenvalue weighted by Crippen LogP contribution is -2.29. The van der Waals surface area contributed by atoms with Gasteiger partial charge in [-0.05, 0) is 47.7 Å². The van der Waals surface area contributed by atoms with Crippen LogP contribution in [0.2, 0.25) is 0 Å². The molecule has 0 aliphatic carbocycles. The van der Waals surface area contributed by atoms with Gasteiger partial charge in [-0.2, -0.15) is 18.4 Å². The minimum Gasteiger partial charge on any atom is -0.318 e. The number of halogens is 3. The van der Waals surface area contributed by atoms with E-state index in [0.29, 0.717) is 10.4 Å². The summed E-state index contributed by atoms with van der Waals surface area (Å²) in [7, 11) is 0. The van der Waals surface area contributed by atoms with E-state index in [1.54, 1.807) is 29.8 Å². The number of hydrogen-bond donors (Lipinski definition) is 1. The molecule has 1 aromatic carbocycles. The van der Waals surface area contributed by atoms with Crippen molar-refractivity contribution >= 4 is 34.8 Å². The van der Waals surface area contributed by atoms with E-state index in [9.17, 15) is 28.0 Å². The molecule has 128 valence electrons. The summed E-state index contributed by atoms with van der Waals surface area (Å²) in [5.41, 5.74) is 0.819. The van der Waals surface area contributed by atoms with Gasteiger partial charge in [0, 0.05) is 5.69 Å². The van der Waals surface area contributed by atoms with Gasteiger partial charge in [0.15, 0.2) is 0 Å². The van der Waals surface area contributed by atoms with Crippen LogP contribution in [0.5, 0.6) is 0 Å². The third kappa shape index (κ3) is 4.55. The minimum atomic E-state index is -5.00. The molecule has 8 heteroatoms. The number of carbonyl (C=O) groups is 2. The number of aryl methyl sites for hydroxylation is 1. The normalized spacial score (nSPS) is 11.7. The number of Topliss-reactive ketones (excluding diaryl/α,β-unsaturated/α-hetero) is 1. The summed E-state index contributed by atoms with van der Waals surface area (Å²) >= 11 is 1.20. The highest BCUT2D eigenvalue weighted by molar-refractivity contribution is 7.12. The zero-order valence-electron chi connectivity index (χ0n) is 12.8. The van der Waals surface area contributed by atoms with Crippen LogP contribution in [-0.2, 0) is 4.79 Å². The van der Waals surface area contributed by atoms with Crippen LogP contribution < -0.4 is 5.32 Å². The molecular formula is C17H11F3N2O2S. The number of thiophene rings is 1. The van der Waals surface area contributed by atoms with Crippen LogP contribution in [0.25, 0.3) is 6.08 Å². The number of hydrogen-bond acceptors (Lipinski definition) is 4. The van der Waals surface area contributed by atoms with E-state index in [2.05, 4.69) is 0 Å². The molecule has 1 N–H and O–H groups in total. The molecule has 0 aliphatic rings. The molecule has 0 saturated heterocycles. The van der Waals surface area contributed by atoms with Crippen molar-refractivity contribution < 1.29 is 22.8 Å². The molecule has 0 atom stereocenters. The van der Waals surface area contributed by atoms with Crippen molar-refractivity contribution in [1.29, 1.82) is 5.26 Å². The van der Waals surface area contributed by atoms with Crippen molar-refractivity contribution in [2.45, 2.75) is 13.1 Å². The van der Waals surface area contributed by atoms with Crippen molar-refractivity contribution in [3.8, 4) is 6.07 Å². The first kappa shape index (κ1) is 18.4. The second-order valence-corrected chi connectivity index (χ2v) is 5.93. The van der Waals surface area contributed by atoms with E-state index in [-0.39, 0.29) is 11.3 Å². The topological polar surface area (TPSA) is 70.0 Å². The van der Waals surface area contributed by atoms with Gasteiger partial charge < -0.3 is 5.32 Å². The number of rotatable bonds is 4. The number of ketones is 1. The van der Waals surface area contributed by atoms with Crippen LogP contribution in [0.15, 0.2) is 41.3 Å². The Morgan fingerprint density at radius 1 is 1.28 bits per heavy atom. The maximum atomic E-state index is 12.4. The summed E-state index contributed by atoms with van der Waals surface area (Å²) in [5.74, 6) is -2.56. The number of nitrogens with one attached hydrogen (secondary N) is 1. The molecule has 1 aromatic heterocycles. The molecule has 0 fully saturated rings. The minimum absolute atomic E-state index is 0.0897. The molecule has 0 spiro atoms. The average Bonchev–Trinajstić information content (AvgIpc) is 2.97. The second-order valence-electron chi connectivity index (χ2n) is 5.01. The fourth-order valence-electron chi connectivity index (χ4n) is 1.95. The van der Waals surface area contributed by atoms with Crippen LogP contribution in [0.1, 0.15) is 20.8 Å². The number of anilines is 1. The molecule has 1 heterocycles. The van der Waals surface area contributed by atoms with E-state index < -0.39 is 17.9 Å². The van der Waals surface area contributed by atoms with E-state index in [4.69, 9.17) is 0 Å². The Bertz CT molecular complexity index is 892. The van der Waals surface area contributed by atoms with Gasteiger partial charge in [0.05, 0.1) is 4.88 Å². The van der Waals surface area contributed by atoms with Crippen molar-refractivity contribution in [3.63, 3.8) is 0 Å². The van der Waals surface area contributed by atoms with Crippen molar-refractivity contribution in [1.82, 2.24) is 0 Å². The molecule has 4 nitrogen and oxygen atoms in total.